The maximum Gasteiger partial charge on any atom is 0.150 e. The molecule has 0 amide bonds. The fourth-order valence-electron chi connectivity index (χ4n) is 1.66. The highest BCUT2D eigenvalue weighted by Crippen LogP contribution is 2.33. The molecule has 15 heavy (non-hydrogen) atoms. The maximum absolute atomic E-state index is 10.8. The van der Waals surface area contributed by atoms with Crippen molar-refractivity contribution in [3.05, 3.63) is 35.9 Å². The highest BCUT2D eigenvalue weighted by atomic mass is 16.5. The SMILES string of the molecule is COc1ccc(C=O)c2c(O)cccc12. The van der Waals surface area contributed by atoms with E-state index in [1.54, 1.807) is 37.4 Å². The normalized spacial score (nSPS) is 10.2. The minimum Gasteiger partial charge on any atom is -0.507 e. The molecule has 3 heteroatoms. The van der Waals surface area contributed by atoms with Gasteiger partial charge in [-0.25, -0.2) is 0 Å². The molecule has 0 unspecified atom stereocenters. The van der Waals surface area contributed by atoms with E-state index in [0.717, 1.165) is 11.7 Å². The van der Waals surface area contributed by atoms with Gasteiger partial charge in [-0.05, 0) is 18.2 Å². The van der Waals surface area contributed by atoms with E-state index in [2.05, 4.69) is 0 Å². The molecule has 0 heterocycles. The van der Waals surface area contributed by atoms with E-state index in [4.69, 9.17) is 4.74 Å². The van der Waals surface area contributed by atoms with Crippen molar-refractivity contribution in [1.82, 2.24) is 0 Å². The third-order valence-corrected chi connectivity index (χ3v) is 2.36. The van der Waals surface area contributed by atoms with E-state index in [1.807, 2.05) is 0 Å². The van der Waals surface area contributed by atoms with Gasteiger partial charge in [-0.2, -0.15) is 0 Å². The molecule has 2 aromatic rings. The lowest BCUT2D eigenvalue weighted by molar-refractivity contribution is 0.112. The standard InChI is InChI=1S/C12H10O3/c1-15-11-6-5-8(7-13)12-9(11)3-2-4-10(12)14/h2-7,14H,1H3. The van der Waals surface area contributed by atoms with Crippen LogP contribution in [0.3, 0.4) is 0 Å². The van der Waals surface area contributed by atoms with Crippen LogP contribution in [0.15, 0.2) is 30.3 Å². The van der Waals surface area contributed by atoms with Gasteiger partial charge in [-0.1, -0.05) is 12.1 Å². The number of hydrogen-bond acceptors (Lipinski definition) is 3. The molecule has 0 bridgehead atoms. The molecule has 1 N–H and O–H groups in total. The molecule has 3 nitrogen and oxygen atoms in total. The second-order valence-electron chi connectivity index (χ2n) is 3.17. The Labute approximate surface area is 86.9 Å². The zero-order valence-corrected chi connectivity index (χ0v) is 8.23. The van der Waals surface area contributed by atoms with Crippen LogP contribution in [0, 0.1) is 0 Å². The number of benzene rings is 2. The van der Waals surface area contributed by atoms with Gasteiger partial charge in [0.2, 0.25) is 0 Å². The Kier molecular flexibility index (Phi) is 2.29. The predicted octanol–water partition coefficient (Wildman–Crippen LogP) is 2.37. The summed E-state index contributed by atoms with van der Waals surface area (Å²) in [6.07, 6.45) is 0.724. The molecule has 0 aromatic heterocycles. The number of carbonyl (C=O) groups is 1. The molecule has 0 aliphatic carbocycles. The molecule has 76 valence electrons. The molecule has 0 spiro atoms. The molecule has 2 aromatic carbocycles. The lowest BCUT2D eigenvalue weighted by Crippen LogP contribution is -1.89. The highest BCUT2D eigenvalue weighted by molar-refractivity contribution is 6.04. The number of hydrogen-bond donors (Lipinski definition) is 1. The topological polar surface area (TPSA) is 46.5 Å². The molecule has 0 saturated heterocycles. The van der Waals surface area contributed by atoms with E-state index in [1.165, 1.54) is 0 Å². The highest BCUT2D eigenvalue weighted by Gasteiger charge is 2.08. The first-order chi connectivity index (χ1) is 7.27. The summed E-state index contributed by atoms with van der Waals surface area (Å²) >= 11 is 0. The van der Waals surface area contributed by atoms with Crippen molar-refractivity contribution in [3.8, 4) is 11.5 Å². The number of phenolic OH excluding ortho intramolecular Hbond substituents is 1. The van der Waals surface area contributed by atoms with Gasteiger partial charge in [0, 0.05) is 16.3 Å². The molecule has 0 aliphatic heterocycles. The van der Waals surface area contributed by atoms with Gasteiger partial charge in [-0.3, -0.25) is 4.79 Å². The van der Waals surface area contributed by atoms with Crippen LogP contribution in [-0.4, -0.2) is 18.5 Å². The molecular formula is C12H10O3. The lowest BCUT2D eigenvalue weighted by atomic mass is 10.0. The zero-order chi connectivity index (χ0) is 10.8. The number of aromatic hydroxyl groups is 1. The van der Waals surface area contributed by atoms with Crippen molar-refractivity contribution in [1.29, 1.82) is 0 Å². The third kappa shape index (κ3) is 1.42. The summed E-state index contributed by atoms with van der Waals surface area (Å²) in [6, 6.07) is 8.42. The number of methoxy groups -OCH3 is 1. The third-order valence-electron chi connectivity index (χ3n) is 2.36. The van der Waals surface area contributed by atoms with Gasteiger partial charge in [0.05, 0.1) is 7.11 Å². The predicted molar refractivity (Wildman–Crippen MR) is 57.6 cm³/mol. The maximum atomic E-state index is 10.8. The Morgan fingerprint density at radius 1 is 1.27 bits per heavy atom. The van der Waals surface area contributed by atoms with Crippen molar-refractivity contribution in [2.45, 2.75) is 0 Å². The van der Waals surface area contributed by atoms with Crippen LogP contribution >= 0.6 is 0 Å². The monoisotopic (exact) mass is 202 g/mol. The van der Waals surface area contributed by atoms with Gasteiger partial charge in [0.15, 0.2) is 6.29 Å². The van der Waals surface area contributed by atoms with Crippen LogP contribution in [0.5, 0.6) is 11.5 Å². The Balaban J connectivity index is 2.92. The van der Waals surface area contributed by atoms with E-state index >= 15 is 0 Å². The van der Waals surface area contributed by atoms with Crippen LogP contribution in [0.4, 0.5) is 0 Å². The van der Waals surface area contributed by atoms with E-state index in [0.29, 0.717) is 16.7 Å². The summed E-state index contributed by atoms with van der Waals surface area (Å²) < 4.78 is 5.15. The van der Waals surface area contributed by atoms with Crippen LogP contribution in [-0.2, 0) is 0 Å². The second-order valence-corrected chi connectivity index (χ2v) is 3.17. The Hall–Kier alpha value is -2.03. The lowest BCUT2D eigenvalue weighted by Gasteiger charge is -2.08. The van der Waals surface area contributed by atoms with Gasteiger partial charge in [-0.15, -0.1) is 0 Å². The average Bonchev–Trinajstić information content (AvgIpc) is 2.28. The number of ether oxygens (including phenoxy) is 1. The summed E-state index contributed by atoms with van der Waals surface area (Å²) in [5.74, 6) is 0.736. The van der Waals surface area contributed by atoms with Crippen molar-refractivity contribution in [3.63, 3.8) is 0 Å². The van der Waals surface area contributed by atoms with Crippen molar-refractivity contribution >= 4 is 17.1 Å². The molecule has 0 atom stereocenters. The number of fused-ring (bicyclic) bond motifs is 1. The Bertz CT molecular complexity index is 518. The van der Waals surface area contributed by atoms with E-state index in [9.17, 15) is 9.90 Å². The minimum atomic E-state index is 0.0912. The molecule has 0 radical (unpaired) electrons. The summed E-state index contributed by atoms with van der Waals surface area (Å²) in [6.45, 7) is 0. The second kappa shape index (κ2) is 3.61. The number of phenols is 1. The largest absolute Gasteiger partial charge is 0.507 e. The van der Waals surface area contributed by atoms with Crippen LogP contribution in [0.1, 0.15) is 10.4 Å². The number of aldehydes is 1. The van der Waals surface area contributed by atoms with Crippen LogP contribution < -0.4 is 4.74 Å². The van der Waals surface area contributed by atoms with Crippen molar-refractivity contribution in [2.24, 2.45) is 0 Å². The van der Waals surface area contributed by atoms with Gasteiger partial charge >= 0.3 is 0 Å². The van der Waals surface area contributed by atoms with E-state index < -0.39 is 0 Å². The first-order valence-corrected chi connectivity index (χ1v) is 4.52. The molecule has 0 saturated carbocycles. The van der Waals surface area contributed by atoms with Crippen LogP contribution in [0.2, 0.25) is 0 Å². The fraction of sp³-hybridized carbons (Fsp3) is 0.0833. The zero-order valence-electron chi connectivity index (χ0n) is 8.23. The summed E-state index contributed by atoms with van der Waals surface area (Å²) in [5.41, 5.74) is 0.462. The number of carbonyl (C=O) groups excluding carboxylic acids is 1. The van der Waals surface area contributed by atoms with Crippen LogP contribution in [0.25, 0.3) is 10.8 Å². The Morgan fingerprint density at radius 2 is 2.07 bits per heavy atom. The van der Waals surface area contributed by atoms with Crippen molar-refractivity contribution in [2.75, 3.05) is 7.11 Å². The minimum absolute atomic E-state index is 0.0912. The summed E-state index contributed by atoms with van der Waals surface area (Å²) in [7, 11) is 1.55. The first-order valence-electron chi connectivity index (χ1n) is 4.52. The van der Waals surface area contributed by atoms with Gasteiger partial charge < -0.3 is 9.84 Å². The molecule has 0 fully saturated rings. The fourth-order valence-corrected chi connectivity index (χ4v) is 1.66. The van der Waals surface area contributed by atoms with Gasteiger partial charge in [0.25, 0.3) is 0 Å². The molecular weight excluding hydrogens is 192 g/mol. The average molecular weight is 202 g/mol. The number of rotatable bonds is 2. The molecule has 2 rings (SSSR count). The summed E-state index contributed by atoms with van der Waals surface area (Å²) in [5, 5.41) is 11.0. The summed E-state index contributed by atoms with van der Waals surface area (Å²) in [4.78, 5) is 10.8. The molecule has 0 aliphatic rings. The quantitative estimate of drug-likeness (QED) is 0.760. The van der Waals surface area contributed by atoms with Gasteiger partial charge in [0.1, 0.15) is 11.5 Å². The van der Waals surface area contributed by atoms with E-state index in [-0.39, 0.29) is 5.75 Å². The smallest absolute Gasteiger partial charge is 0.150 e. The first kappa shape index (κ1) is 9.52. The van der Waals surface area contributed by atoms with Crippen molar-refractivity contribution < 1.29 is 14.6 Å². The Morgan fingerprint density at radius 3 is 2.73 bits per heavy atom.